The minimum atomic E-state index is -0.582. The zero-order valence-electron chi connectivity index (χ0n) is 15.1. The predicted octanol–water partition coefficient (Wildman–Crippen LogP) is 2.55. The molecule has 0 amide bonds. The maximum Gasteiger partial charge on any atom is 0.168 e. The van der Waals surface area contributed by atoms with Crippen molar-refractivity contribution < 1.29 is 19.7 Å². The van der Waals surface area contributed by atoms with Crippen LogP contribution in [-0.4, -0.2) is 40.8 Å². The maximum atomic E-state index is 12.7. The molecule has 0 radical (unpaired) electrons. The van der Waals surface area contributed by atoms with Gasteiger partial charge < -0.3 is 20.3 Å². The first-order valence-corrected chi connectivity index (χ1v) is 10.4. The topological polar surface area (TPSA) is 78.8 Å². The molecule has 6 heteroatoms. The van der Waals surface area contributed by atoms with E-state index in [4.69, 9.17) is 4.74 Å². The van der Waals surface area contributed by atoms with Crippen LogP contribution in [0.2, 0.25) is 0 Å². The van der Waals surface area contributed by atoms with E-state index in [0.29, 0.717) is 6.54 Å². The quantitative estimate of drug-likeness (QED) is 0.710. The summed E-state index contributed by atoms with van der Waals surface area (Å²) in [6, 6.07) is 11.3. The van der Waals surface area contributed by atoms with Crippen LogP contribution in [0.5, 0.6) is 5.75 Å². The molecule has 1 aromatic carbocycles. The van der Waals surface area contributed by atoms with E-state index in [1.807, 2.05) is 36.4 Å². The van der Waals surface area contributed by atoms with Crippen molar-refractivity contribution in [3.63, 3.8) is 0 Å². The Morgan fingerprint density at radius 1 is 1.19 bits per heavy atom. The Labute approximate surface area is 163 Å². The summed E-state index contributed by atoms with van der Waals surface area (Å²) in [5.74, 6) is 0.860. The third-order valence-corrected chi connectivity index (χ3v) is 6.76. The van der Waals surface area contributed by atoms with Gasteiger partial charge in [0.05, 0.1) is 6.61 Å². The summed E-state index contributed by atoms with van der Waals surface area (Å²) < 4.78 is 5.91. The standard InChI is InChI=1S/C21H25NO4S/c23-12-15-10-16-19(27-15)9-6-13(20(16)24)11-22-17-7-8-18(21(17)25)26-14-4-2-1-3-5-14/h1-5,10,13,17-18,21-23,25H,6-9,11-12H2. The van der Waals surface area contributed by atoms with Crippen molar-refractivity contribution in [2.24, 2.45) is 5.92 Å². The van der Waals surface area contributed by atoms with Crippen molar-refractivity contribution in [3.8, 4) is 5.75 Å². The van der Waals surface area contributed by atoms with E-state index in [2.05, 4.69) is 5.32 Å². The van der Waals surface area contributed by atoms with Gasteiger partial charge in [0.1, 0.15) is 18.0 Å². The predicted molar refractivity (Wildman–Crippen MR) is 104 cm³/mol. The molecule has 1 aromatic heterocycles. The monoisotopic (exact) mass is 387 g/mol. The van der Waals surface area contributed by atoms with E-state index in [9.17, 15) is 15.0 Å². The third-order valence-electron chi connectivity index (χ3n) is 5.58. The highest BCUT2D eigenvalue weighted by atomic mass is 32.1. The number of fused-ring (bicyclic) bond motifs is 1. The summed E-state index contributed by atoms with van der Waals surface area (Å²) in [5, 5.41) is 23.3. The van der Waals surface area contributed by atoms with Crippen LogP contribution in [0.25, 0.3) is 0 Å². The fourth-order valence-electron chi connectivity index (χ4n) is 4.07. The number of aliphatic hydroxyl groups excluding tert-OH is 2. The van der Waals surface area contributed by atoms with E-state index in [1.54, 1.807) is 0 Å². The first-order valence-electron chi connectivity index (χ1n) is 9.55. The van der Waals surface area contributed by atoms with Crippen molar-refractivity contribution in [2.45, 2.75) is 50.5 Å². The highest BCUT2D eigenvalue weighted by molar-refractivity contribution is 7.12. The first kappa shape index (κ1) is 18.6. The summed E-state index contributed by atoms with van der Waals surface area (Å²) in [6.45, 7) is 0.563. The number of ketones is 1. The lowest BCUT2D eigenvalue weighted by atomic mass is 9.87. The Bertz CT molecular complexity index is 791. The minimum absolute atomic E-state index is 0.00900. The number of hydrogen-bond donors (Lipinski definition) is 3. The lowest BCUT2D eigenvalue weighted by Crippen LogP contribution is -2.44. The average molecular weight is 388 g/mol. The van der Waals surface area contributed by atoms with Crippen molar-refractivity contribution in [1.29, 1.82) is 0 Å². The van der Waals surface area contributed by atoms with E-state index in [1.165, 1.54) is 11.3 Å². The summed E-state index contributed by atoms with van der Waals surface area (Å²) in [5.41, 5.74) is 0.777. The molecule has 27 heavy (non-hydrogen) atoms. The smallest absolute Gasteiger partial charge is 0.168 e. The Balaban J connectivity index is 1.32. The van der Waals surface area contributed by atoms with Gasteiger partial charge in [-0.1, -0.05) is 18.2 Å². The molecule has 3 N–H and O–H groups in total. The van der Waals surface area contributed by atoms with Crippen LogP contribution >= 0.6 is 11.3 Å². The van der Waals surface area contributed by atoms with Gasteiger partial charge in [-0.2, -0.15) is 0 Å². The fraction of sp³-hybridized carbons (Fsp3) is 0.476. The number of aliphatic hydroxyl groups is 2. The second-order valence-corrected chi connectivity index (χ2v) is 8.58. The molecule has 0 bridgehead atoms. The number of nitrogens with one attached hydrogen (secondary N) is 1. The molecule has 144 valence electrons. The van der Waals surface area contributed by atoms with E-state index >= 15 is 0 Å². The molecule has 2 aliphatic rings. The van der Waals surface area contributed by atoms with Crippen LogP contribution in [0.15, 0.2) is 36.4 Å². The number of Topliss-reactive ketones (excluding diaryl/α,β-unsaturated/α-hetero) is 1. The average Bonchev–Trinajstić information content (AvgIpc) is 3.27. The zero-order valence-corrected chi connectivity index (χ0v) is 16.0. The molecule has 5 nitrogen and oxygen atoms in total. The molecule has 4 rings (SSSR count). The number of aryl methyl sites for hydroxylation is 1. The fourth-order valence-corrected chi connectivity index (χ4v) is 5.12. The number of carbonyl (C=O) groups excluding carboxylic acids is 1. The first-order chi connectivity index (χ1) is 13.2. The maximum absolute atomic E-state index is 12.7. The Morgan fingerprint density at radius 3 is 2.78 bits per heavy atom. The van der Waals surface area contributed by atoms with Gasteiger partial charge in [-0.15, -0.1) is 11.3 Å². The highest BCUT2D eigenvalue weighted by Gasteiger charge is 2.37. The van der Waals surface area contributed by atoms with Gasteiger partial charge in [0, 0.05) is 33.8 Å². The Morgan fingerprint density at radius 2 is 2.00 bits per heavy atom. The zero-order chi connectivity index (χ0) is 18.8. The second kappa shape index (κ2) is 8.10. The molecule has 4 atom stereocenters. The summed E-state index contributed by atoms with van der Waals surface area (Å²) >= 11 is 1.54. The van der Waals surface area contributed by atoms with Gasteiger partial charge >= 0.3 is 0 Å². The lowest BCUT2D eigenvalue weighted by molar-refractivity contribution is 0.0442. The van der Waals surface area contributed by atoms with Gasteiger partial charge in [0.25, 0.3) is 0 Å². The van der Waals surface area contributed by atoms with Crippen LogP contribution in [0, 0.1) is 5.92 Å². The minimum Gasteiger partial charge on any atom is -0.488 e. The van der Waals surface area contributed by atoms with Crippen LogP contribution in [0.3, 0.4) is 0 Å². The molecule has 1 fully saturated rings. The number of hydrogen-bond acceptors (Lipinski definition) is 6. The van der Waals surface area contributed by atoms with Crippen molar-refractivity contribution in [2.75, 3.05) is 6.54 Å². The molecule has 4 unspecified atom stereocenters. The van der Waals surface area contributed by atoms with Crippen LogP contribution in [0.1, 0.15) is 39.4 Å². The van der Waals surface area contributed by atoms with E-state index < -0.39 is 6.10 Å². The number of rotatable bonds is 6. The highest BCUT2D eigenvalue weighted by Crippen LogP contribution is 2.33. The van der Waals surface area contributed by atoms with Crippen molar-refractivity contribution >= 4 is 17.1 Å². The van der Waals surface area contributed by atoms with Gasteiger partial charge in [-0.05, 0) is 43.9 Å². The number of thiophene rings is 1. The van der Waals surface area contributed by atoms with Crippen LogP contribution < -0.4 is 10.1 Å². The Kier molecular flexibility index (Phi) is 5.59. The molecular weight excluding hydrogens is 362 g/mol. The molecule has 0 saturated heterocycles. The lowest BCUT2D eigenvalue weighted by Gasteiger charge is -2.25. The summed E-state index contributed by atoms with van der Waals surface area (Å²) in [4.78, 5) is 14.7. The van der Waals surface area contributed by atoms with Crippen molar-refractivity contribution in [1.82, 2.24) is 5.32 Å². The van der Waals surface area contributed by atoms with Crippen LogP contribution in [0.4, 0.5) is 0 Å². The number of ether oxygens (including phenoxy) is 1. The molecule has 0 aliphatic heterocycles. The second-order valence-electron chi connectivity index (χ2n) is 7.36. The largest absolute Gasteiger partial charge is 0.488 e. The summed E-state index contributed by atoms with van der Waals surface area (Å²) in [7, 11) is 0. The molecular formula is C21H25NO4S. The molecule has 1 heterocycles. The van der Waals surface area contributed by atoms with E-state index in [-0.39, 0.29) is 30.5 Å². The normalized spacial score (nSPS) is 27.6. The SMILES string of the molecule is O=C1c2cc(CO)sc2CCC1CNC1CCC(Oc2ccccc2)C1O. The van der Waals surface area contributed by atoms with Gasteiger partial charge in [-0.3, -0.25) is 4.79 Å². The number of para-hydroxylation sites is 1. The number of carbonyl (C=O) groups is 1. The van der Waals surface area contributed by atoms with Gasteiger partial charge in [0.15, 0.2) is 5.78 Å². The third kappa shape index (κ3) is 3.94. The van der Waals surface area contributed by atoms with Crippen molar-refractivity contribution in [3.05, 3.63) is 51.7 Å². The molecule has 2 aliphatic carbocycles. The van der Waals surface area contributed by atoms with Gasteiger partial charge in [0.2, 0.25) is 0 Å². The summed E-state index contributed by atoms with van der Waals surface area (Å²) in [6.07, 6.45) is 2.52. The van der Waals surface area contributed by atoms with E-state index in [0.717, 1.165) is 46.8 Å². The van der Waals surface area contributed by atoms with Crippen LogP contribution in [-0.2, 0) is 13.0 Å². The number of benzene rings is 1. The Hall–Kier alpha value is -1.73. The van der Waals surface area contributed by atoms with Gasteiger partial charge in [-0.25, -0.2) is 0 Å². The molecule has 0 spiro atoms. The molecule has 2 aromatic rings. The molecule has 1 saturated carbocycles.